The second kappa shape index (κ2) is 4.81. The second-order valence-electron chi connectivity index (χ2n) is 5.39. The van der Waals surface area contributed by atoms with Gasteiger partial charge < -0.3 is 10.6 Å². The summed E-state index contributed by atoms with van der Waals surface area (Å²) in [5.74, 6) is 1.53. The van der Waals surface area contributed by atoms with Crippen molar-refractivity contribution in [2.75, 3.05) is 5.32 Å². The molecule has 1 aromatic rings. The number of benzene rings is 1. The number of urea groups is 1. The van der Waals surface area contributed by atoms with Crippen molar-refractivity contribution in [1.29, 1.82) is 0 Å². The molecular formula is C14H17ClN2O. The van der Waals surface area contributed by atoms with E-state index in [0.717, 1.165) is 18.0 Å². The fraction of sp³-hybridized carbons (Fsp3) is 0.500. The molecule has 2 fully saturated rings. The van der Waals surface area contributed by atoms with Crippen molar-refractivity contribution in [3.05, 3.63) is 29.3 Å². The lowest BCUT2D eigenvalue weighted by Crippen LogP contribution is -2.40. The van der Waals surface area contributed by atoms with Gasteiger partial charge in [0.05, 0.1) is 0 Å². The molecule has 2 amide bonds. The molecule has 18 heavy (non-hydrogen) atoms. The lowest BCUT2D eigenvalue weighted by atomic mass is 9.95. The highest BCUT2D eigenvalue weighted by Crippen LogP contribution is 2.44. The maximum absolute atomic E-state index is 11.9. The predicted molar refractivity (Wildman–Crippen MR) is 72.8 cm³/mol. The maximum Gasteiger partial charge on any atom is 0.319 e. The van der Waals surface area contributed by atoms with Crippen molar-refractivity contribution in [1.82, 2.24) is 5.32 Å². The number of amides is 2. The van der Waals surface area contributed by atoms with E-state index >= 15 is 0 Å². The van der Waals surface area contributed by atoms with Gasteiger partial charge >= 0.3 is 6.03 Å². The van der Waals surface area contributed by atoms with E-state index in [4.69, 9.17) is 11.6 Å². The first kappa shape index (κ1) is 11.8. The normalized spacial score (nSPS) is 29.3. The lowest BCUT2D eigenvalue weighted by molar-refractivity contribution is 0.242. The number of hydrogen-bond donors (Lipinski definition) is 2. The summed E-state index contributed by atoms with van der Waals surface area (Å²) in [7, 11) is 0. The summed E-state index contributed by atoms with van der Waals surface area (Å²) < 4.78 is 0. The average Bonchev–Trinajstić information content (AvgIpc) is 2.90. The van der Waals surface area contributed by atoms with Gasteiger partial charge in [0.25, 0.3) is 0 Å². The number of fused-ring (bicyclic) bond motifs is 2. The Morgan fingerprint density at radius 1 is 1.28 bits per heavy atom. The first-order chi connectivity index (χ1) is 8.70. The lowest BCUT2D eigenvalue weighted by Gasteiger charge is -2.23. The van der Waals surface area contributed by atoms with Gasteiger partial charge in [-0.2, -0.15) is 0 Å². The van der Waals surface area contributed by atoms with Gasteiger partial charge in [-0.1, -0.05) is 24.1 Å². The largest absolute Gasteiger partial charge is 0.335 e. The van der Waals surface area contributed by atoms with E-state index in [-0.39, 0.29) is 6.03 Å². The van der Waals surface area contributed by atoms with Crippen LogP contribution in [0.1, 0.15) is 25.7 Å². The van der Waals surface area contributed by atoms with E-state index in [9.17, 15) is 4.79 Å². The Kier molecular flexibility index (Phi) is 3.16. The molecule has 0 saturated heterocycles. The van der Waals surface area contributed by atoms with Gasteiger partial charge in [-0.15, -0.1) is 0 Å². The minimum atomic E-state index is -0.116. The summed E-state index contributed by atoms with van der Waals surface area (Å²) in [5, 5.41) is 6.55. The second-order valence-corrected chi connectivity index (χ2v) is 5.83. The molecule has 0 aliphatic heterocycles. The Balaban J connectivity index is 1.56. The molecule has 0 aromatic heterocycles. The van der Waals surface area contributed by atoms with E-state index in [1.54, 1.807) is 12.1 Å². The summed E-state index contributed by atoms with van der Waals surface area (Å²) in [6.45, 7) is 0. The number of hydrogen-bond acceptors (Lipinski definition) is 1. The molecule has 1 aromatic carbocycles. The summed E-state index contributed by atoms with van der Waals surface area (Å²) >= 11 is 5.88. The number of carbonyl (C=O) groups excluding carboxylic acids is 1. The van der Waals surface area contributed by atoms with Crippen LogP contribution in [0.25, 0.3) is 0 Å². The quantitative estimate of drug-likeness (QED) is 0.841. The smallest absolute Gasteiger partial charge is 0.319 e. The van der Waals surface area contributed by atoms with E-state index in [1.165, 1.54) is 19.3 Å². The van der Waals surface area contributed by atoms with Crippen LogP contribution in [0.3, 0.4) is 0 Å². The van der Waals surface area contributed by atoms with Crippen LogP contribution < -0.4 is 10.6 Å². The van der Waals surface area contributed by atoms with E-state index in [2.05, 4.69) is 10.6 Å². The van der Waals surface area contributed by atoms with Gasteiger partial charge in [-0.05, 0) is 49.3 Å². The van der Waals surface area contributed by atoms with Crippen molar-refractivity contribution in [3.63, 3.8) is 0 Å². The van der Waals surface area contributed by atoms with E-state index in [1.807, 2.05) is 12.1 Å². The topological polar surface area (TPSA) is 41.1 Å². The number of carbonyl (C=O) groups is 1. The fourth-order valence-electron chi connectivity index (χ4n) is 3.32. The Labute approximate surface area is 112 Å². The van der Waals surface area contributed by atoms with E-state index < -0.39 is 0 Å². The third-order valence-corrected chi connectivity index (χ3v) is 4.37. The van der Waals surface area contributed by atoms with Crippen molar-refractivity contribution in [2.45, 2.75) is 31.7 Å². The van der Waals surface area contributed by atoms with Gasteiger partial charge in [0.2, 0.25) is 0 Å². The van der Waals surface area contributed by atoms with Gasteiger partial charge in [0.15, 0.2) is 0 Å². The van der Waals surface area contributed by atoms with Gasteiger partial charge in [-0.3, -0.25) is 0 Å². The van der Waals surface area contributed by atoms with Gasteiger partial charge in [0.1, 0.15) is 0 Å². The monoisotopic (exact) mass is 264 g/mol. The van der Waals surface area contributed by atoms with Crippen LogP contribution in [0.4, 0.5) is 10.5 Å². The number of halogens is 1. The molecule has 0 heterocycles. The Morgan fingerprint density at radius 3 is 2.83 bits per heavy atom. The molecule has 96 valence electrons. The van der Waals surface area contributed by atoms with Crippen LogP contribution in [-0.4, -0.2) is 12.1 Å². The molecule has 3 atom stereocenters. The first-order valence-electron chi connectivity index (χ1n) is 6.54. The van der Waals surface area contributed by atoms with Crippen LogP contribution >= 0.6 is 11.6 Å². The summed E-state index contributed by atoms with van der Waals surface area (Å²) in [6.07, 6.45) is 5.06. The molecule has 2 aliphatic carbocycles. The molecule has 0 radical (unpaired) electrons. The third-order valence-electron chi connectivity index (χ3n) is 4.14. The molecule has 0 spiro atoms. The molecule has 4 heteroatoms. The summed E-state index contributed by atoms with van der Waals surface area (Å²) in [5.41, 5.74) is 0.739. The van der Waals surface area contributed by atoms with Crippen LogP contribution in [-0.2, 0) is 0 Å². The molecule has 2 N–H and O–H groups in total. The average molecular weight is 265 g/mol. The van der Waals surface area contributed by atoms with Crippen LogP contribution in [0, 0.1) is 11.8 Å². The summed E-state index contributed by atoms with van der Waals surface area (Å²) in [6, 6.07) is 7.46. The SMILES string of the molecule is O=C(Nc1cccc(Cl)c1)N[C@@H]1C[C@@H]2CC[C@@H]1C2. The fourth-order valence-corrected chi connectivity index (χ4v) is 3.51. The Bertz CT molecular complexity index is 463. The van der Waals surface area contributed by atoms with Crippen molar-refractivity contribution >= 4 is 23.3 Å². The zero-order valence-electron chi connectivity index (χ0n) is 10.2. The Hall–Kier alpha value is -1.22. The minimum absolute atomic E-state index is 0.116. The van der Waals surface area contributed by atoms with Crippen molar-refractivity contribution in [2.24, 2.45) is 11.8 Å². The molecule has 3 nitrogen and oxygen atoms in total. The first-order valence-corrected chi connectivity index (χ1v) is 6.91. The standard InChI is InChI=1S/C14H17ClN2O/c15-11-2-1-3-12(8-11)16-14(18)17-13-7-9-4-5-10(13)6-9/h1-3,8-10,13H,4-7H2,(H2,16,17,18)/t9-,10-,13-/m1/s1. The third kappa shape index (κ3) is 2.46. The van der Waals surface area contributed by atoms with E-state index in [0.29, 0.717) is 17.0 Å². The molecule has 0 unspecified atom stereocenters. The number of rotatable bonds is 2. The predicted octanol–water partition coefficient (Wildman–Crippen LogP) is 3.65. The van der Waals surface area contributed by atoms with Crippen LogP contribution in [0.15, 0.2) is 24.3 Å². The zero-order chi connectivity index (χ0) is 12.5. The minimum Gasteiger partial charge on any atom is -0.335 e. The van der Waals surface area contributed by atoms with Crippen LogP contribution in [0.5, 0.6) is 0 Å². The molecule has 3 rings (SSSR count). The van der Waals surface area contributed by atoms with Crippen molar-refractivity contribution in [3.8, 4) is 0 Å². The summed E-state index contributed by atoms with van der Waals surface area (Å²) in [4.78, 5) is 11.9. The highest BCUT2D eigenvalue weighted by Gasteiger charge is 2.40. The zero-order valence-corrected chi connectivity index (χ0v) is 10.9. The molecular weight excluding hydrogens is 248 g/mol. The molecule has 2 saturated carbocycles. The van der Waals surface area contributed by atoms with Gasteiger partial charge in [0, 0.05) is 16.8 Å². The number of nitrogens with one attached hydrogen (secondary N) is 2. The number of anilines is 1. The Morgan fingerprint density at radius 2 is 2.17 bits per heavy atom. The van der Waals surface area contributed by atoms with Crippen LogP contribution in [0.2, 0.25) is 5.02 Å². The van der Waals surface area contributed by atoms with Crippen molar-refractivity contribution < 1.29 is 4.79 Å². The highest BCUT2D eigenvalue weighted by molar-refractivity contribution is 6.30. The van der Waals surface area contributed by atoms with Gasteiger partial charge in [-0.25, -0.2) is 4.79 Å². The molecule has 2 bridgehead atoms. The molecule has 2 aliphatic rings. The highest BCUT2D eigenvalue weighted by atomic mass is 35.5. The maximum atomic E-state index is 11.9.